The van der Waals surface area contributed by atoms with Gasteiger partial charge in [-0.25, -0.2) is 8.78 Å². The van der Waals surface area contributed by atoms with Crippen LogP contribution in [0.2, 0.25) is 0 Å². The maximum atomic E-state index is 13.6. The first-order valence-electron chi connectivity index (χ1n) is 4.53. The van der Waals surface area contributed by atoms with Crippen LogP contribution in [0.1, 0.15) is 16.5 Å². The fourth-order valence-corrected chi connectivity index (χ4v) is 4.85. The number of hydrogen-bond acceptors (Lipinski definition) is 1. The van der Waals surface area contributed by atoms with E-state index in [-0.39, 0.29) is 5.56 Å². The van der Waals surface area contributed by atoms with E-state index in [1.165, 1.54) is 23.5 Å². The third-order valence-corrected chi connectivity index (χ3v) is 5.07. The number of hydrogen-bond donors (Lipinski definition) is 0. The van der Waals surface area contributed by atoms with Crippen LogP contribution in [-0.4, -0.2) is 0 Å². The first kappa shape index (κ1) is 13.5. The molecule has 1 aromatic heterocycles. The third-order valence-electron chi connectivity index (χ3n) is 2.21. The molecule has 0 aliphatic heterocycles. The zero-order valence-corrected chi connectivity index (χ0v) is 12.9. The highest BCUT2D eigenvalue weighted by molar-refractivity contribution is 9.12. The summed E-state index contributed by atoms with van der Waals surface area (Å²) in [7, 11) is 0. The summed E-state index contributed by atoms with van der Waals surface area (Å²) < 4.78 is 28.4. The summed E-state index contributed by atoms with van der Waals surface area (Å²) in [5.41, 5.74) is 0.853. The summed E-state index contributed by atoms with van der Waals surface area (Å²) in [5, 5.41) is -0.720. The summed E-state index contributed by atoms with van der Waals surface area (Å²) in [6, 6.07) is 5.78. The van der Waals surface area contributed by atoms with E-state index in [0.29, 0.717) is 5.56 Å². The first-order chi connectivity index (χ1) is 8.00. The Morgan fingerprint density at radius 1 is 1.18 bits per heavy atom. The number of halogens is 5. The van der Waals surface area contributed by atoms with Crippen LogP contribution in [0.25, 0.3) is 0 Å². The summed E-state index contributed by atoms with van der Waals surface area (Å²) in [4.78, 5) is 0. The van der Waals surface area contributed by atoms with Crippen molar-refractivity contribution in [1.82, 2.24) is 0 Å². The fourth-order valence-electron chi connectivity index (χ4n) is 1.41. The van der Waals surface area contributed by atoms with Gasteiger partial charge in [-0.05, 0) is 44.0 Å². The molecule has 0 N–H and O–H groups in total. The highest BCUT2D eigenvalue weighted by Gasteiger charge is 2.21. The molecule has 1 atom stereocenters. The molecule has 90 valence electrons. The second-order valence-electron chi connectivity index (χ2n) is 3.29. The van der Waals surface area contributed by atoms with Gasteiger partial charge in [0.2, 0.25) is 0 Å². The smallest absolute Gasteiger partial charge is 0.163 e. The van der Waals surface area contributed by atoms with Crippen LogP contribution in [0, 0.1) is 11.6 Å². The maximum absolute atomic E-state index is 13.6. The molecule has 0 saturated carbocycles. The van der Waals surface area contributed by atoms with Crippen LogP contribution < -0.4 is 0 Å². The highest BCUT2D eigenvalue weighted by atomic mass is 79.9. The lowest BCUT2D eigenvalue weighted by Gasteiger charge is -2.10. The van der Waals surface area contributed by atoms with Crippen molar-refractivity contribution in [2.45, 2.75) is 5.38 Å². The Kier molecular flexibility index (Phi) is 4.23. The van der Waals surface area contributed by atoms with Crippen molar-refractivity contribution in [2.24, 2.45) is 0 Å². The molecule has 0 spiro atoms. The largest absolute Gasteiger partial charge is 0.204 e. The van der Waals surface area contributed by atoms with Crippen molar-refractivity contribution in [3.8, 4) is 0 Å². The quantitative estimate of drug-likeness (QED) is 0.551. The second-order valence-corrected chi connectivity index (χ2v) is 7.47. The van der Waals surface area contributed by atoms with E-state index in [9.17, 15) is 8.78 Å². The maximum Gasteiger partial charge on any atom is 0.163 e. The van der Waals surface area contributed by atoms with Crippen LogP contribution in [0.15, 0.2) is 31.8 Å². The topological polar surface area (TPSA) is 0 Å². The molecule has 0 bridgehead atoms. The van der Waals surface area contributed by atoms with Crippen LogP contribution in [-0.2, 0) is 0 Å². The van der Waals surface area contributed by atoms with Gasteiger partial charge in [-0.15, -0.1) is 22.9 Å². The molecule has 17 heavy (non-hydrogen) atoms. The van der Waals surface area contributed by atoms with Gasteiger partial charge in [-0.2, -0.15) is 0 Å². The number of thiophene rings is 1. The molecule has 0 nitrogen and oxygen atoms in total. The molecule has 1 unspecified atom stereocenters. The van der Waals surface area contributed by atoms with Gasteiger partial charge in [-0.3, -0.25) is 0 Å². The average molecular weight is 402 g/mol. The molecule has 0 saturated heterocycles. The minimum atomic E-state index is -0.901. The van der Waals surface area contributed by atoms with Crippen LogP contribution in [0.5, 0.6) is 0 Å². The lowest BCUT2D eigenvalue weighted by Crippen LogP contribution is -1.98. The lowest BCUT2D eigenvalue weighted by atomic mass is 10.1. The number of alkyl halides is 1. The Labute approximate surface area is 123 Å². The van der Waals surface area contributed by atoms with Gasteiger partial charge >= 0.3 is 0 Å². The predicted molar refractivity (Wildman–Crippen MR) is 73.8 cm³/mol. The normalized spacial score (nSPS) is 12.8. The molecule has 0 radical (unpaired) electrons. The summed E-state index contributed by atoms with van der Waals surface area (Å²) in [6.07, 6.45) is 0. The highest BCUT2D eigenvalue weighted by Crippen LogP contribution is 2.41. The van der Waals surface area contributed by atoms with Gasteiger partial charge in [-0.1, -0.05) is 12.1 Å². The Morgan fingerprint density at radius 2 is 1.88 bits per heavy atom. The minimum Gasteiger partial charge on any atom is -0.204 e. The van der Waals surface area contributed by atoms with Crippen LogP contribution in [0.3, 0.4) is 0 Å². The summed E-state index contributed by atoms with van der Waals surface area (Å²) in [5.74, 6) is -1.79. The molecule has 0 fully saturated rings. The zero-order chi connectivity index (χ0) is 12.6. The number of rotatable bonds is 2. The van der Waals surface area contributed by atoms with E-state index in [4.69, 9.17) is 11.6 Å². The monoisotopic (exact) mass is 400 g/mol. The molecular formula is C11H5Br2ClF2S. The van der Waals surface area contributed by atoms with E-state index in [0.717, 1.165) is 13.6 Å². The van der Waals surface area contributed by atoms with Crippen molar-refractivity contribution in [1.29, 1.82) is 0 Å². The Hall–Kier alpha value is 0.0300. The Bertz CT molecular complexity index is 556. The predicted octanol–water partition coefficient (Wildman–Crippen LogP) is 5.88. The van der Waals surface area contributed by atoms with Crippen LogP contribution >= 0.6 is 54.8 Å². The minimum absolute atomic E-state index is 0.137. The van der Waals surface area contributed by atoms with Gasteiger partial charge in [0.05, 0.1) is 12.9 Å². The van der Waals surface area contributed by atoms with Gasteiger partial charge in [0.1, 0.15) is 0 Å². The zero-order valence-electron chi connectivity index (χ0n) is 8.18. The Balaban J connectivity index is 2.47. The van der Waals surface area contributed by atoms with Crippen molar-refractivity contribution in [3.05, 3.63) is 54.6 Å². The lowest BCUT2D eigenvalue weighted by molar-refractivity contribution is 0.500. The van der Waals surface area contributed by atoms with Gasteiger partial charge < -0.3 is 0 Å². The van der Waals surface area contributed by atoms with E-state index in [1.807, 2.05) is 0 Å². The van der Waals surface area contributed by atoms with Gasteiger partial charge in [0.25, 0.3) is 0 Å². The van der Waals surface area contributed by atoms with Gasteiger partial charge in [0.15, 0.2) is 11.6 Å². The van der Waals surface area contributed by atoms with Gasteiger partial charge in [0, 0.05) is 11.1 Å². The molecule has 2 rings (SSSR count). The first-order valence-corrected chi connectivity index (χ1v) is 7.37. The Morgan fingerprint density at radius 3 is 2.47 bits per heavy atom. The molecule has 2 aromatic rings. The van der Waals surface area contributed by atoms with Crippen molar-refractivity contribution >= 4 is 54.8 Å². The molecular weight excluding hydrogens is 397 g/mol. The molecule has 0 aliphatic carbocycles. The van der Waals surface area contributed by atoms with E-state index in [2.05, 4.69) is 31.9 Å². The van der Waals surface area contributed by atoms with Crippen molar-refractivity contribution in [2.75, 3.05) is 0 Å². The van der Waals surface area contributed by atoms with Crippen molar-refractivity contribution < 1.29 is 8.78 Å². The van der Waals surface area contributed by atoms with E-state index in [1.54, 1.807) is 6.07 Å². The molecule has 0 amide bonds. The molecule has 0 aliphatic rings. The second kappa shape index (κ2) is 5.34. The third kappa shape index (κ3) is 2.72. The molecule has 1 heterocycles. The SMILES string of the molecule is Fc1cccc(C(Cl)c2cc(Br)sc2Br)c1F. The molecule has 6 heteroatoms. The van der Waals surface area contributed by atoms with Crippen molar-refractivity contribution in [3.63, 3.8) is 0 Å². The number of benzene rings is 1. The van der Waals surface area contributed by atoms with Crippen LogP contribution in [0.4, 0.5) is 8.78 Å². The van der Waals surface area contributed by atoms with E-state index < -0.39 is 17.0 Å². The summed E-state index contributed by atoms with van der Waals surface area (Å²) >= 11 is 14.3. The summed E-state index contributed by atoms with van der Waals surface area (Å²) in [6.45, 7) is 0. The standard InChI is InChI=1S/C11H5Br2ClF2S/c12-8-4-6(11(13)17-8)9(14)5-2-1-3-7(15)10(5)16/h1-4,9H. The fraction of sp³-hybridized carbons (Fsp3) is 0.0909. The average Bonchev–Trinajstić information content (AvgIpc) is 2.61. The van der Waals surface area contributed by atoms with E-state index >= 15 is 0 Å². The molecule has 1 aromatic carbocycles.